The molecule has 1 aliphatic heterocycles. The molecule has 0 bridgehead atoms. The Balaban J connectivity index is 1.24. The summed E-state index contributed by atoms with van der Waals surface area (Å²) in [5, 5.41) is 12.0. The van der Waals surface area contributed by atoms with E-state index in [0.29, 0.717) is 43.5 Å². The molecule has 2 aromatic heterocycles. The number of nitro groups is 1. The first-order valence-electron chi connectivity index (χ1n) is 14.2. The Morgan fingerprint density at radius 1 is 0.909 bits per heavy atom. The van der Waals surface area contributed by atoms with Crippen LogP contribution in [-0.2, 0) is 11.3 Å². The quantitative estimate of drug-likeness (QED) is 0.150. The van der Waals surface area contributed by atoms with Crippen molar-refractivity contribution in [3.05, 3.63) is 112 Å². The van der Waals surface area contributed by atoms with E-state index >= 15 is 0 Å². The van der Waals surface area contributed by atoms with Crippen molar-refractivity contribution in [2.24, 2.45) is 0 Å². The average Bonchev–Trinajstić information content (AvgIpc) is 3.42. The van der Waals surface area contributed by atoms with Crippen LogP contribution in [0.25, 0.3) is 28.0 Å². The summed E-state index contributed by atoms with van der Waals surface area (Å²) in [4.78, 5) is 33.0. The number of benzene rings is 3. The van der Waals surface area contributed by atoms with Crippen LogP contribution >= 0.6 is 11.6 Å². The number of imidazole rings is 1. The number of piperazine rings is 1. The number of non-ortho nitro benzene ring substituents is 1. The summed E-state index contributed by atoms with van der Waals surface area (Å²) < 4.78 is 13.1. The molecule has 224 valence electrons. The van der Waals surface area contributed by atoms with E-state index in [1.807, 2.05) is 53.6 Å². The molecule has 10 nitrogen and oxygen atoms in total. The van der Waals surface area contributed by atoms with E-state index in [1.165, 1.54) is 6.07 Å². The molecule has 5 aromatic rings. The van der Waals surface area contributed by atoms with Crippen LogP contribution in [0.2, 0.25) is 5.02 Å². The zero-order valence-electron chi connectivity index (χ0n) is 24.1. The summed E-state index contributed by atoms with van der Waals surface area (Å²) in [6.07, 6.45) is 1.98. The molecule has 0 atom stereocenters. The predicted octanol–water partition coefficient (Wildman–Crippen LogP) is 5.96. The Labute approximate surface area is 259 Å². The number of hydrogen-bond donors (Lipinski definition) is 0. The fourth-order valence-corrected chi connectivity index (χ4v) is 5.45. The second kappa shape index (κ2) is 12.7. The summed E-state index contributed by atoms with van der Waals surface area (Å²) in [6.45, 7) is 3.10. The molecule has 0 spiro atoms. The lowest BCUT2D eigenvalue weighted by atomic mass is 10.1. The first kappa shape index (κ1) is 29.2. The monoisotopic (exact) mass is 611 g/mol. The van der Waals surface area contributed by atoms with Crippen LogP contribution in [0.5, 0.6) is 11.5 Å². The third-order valence-corrected chi connectivity index (χ3v) is 8.00. The molecule has 0 aliphatic carbocycles. The molecular weight excluding hydrogens is 582 g/mol. The average molecular weight is 612 g/mol. The molecule has 1 saturated heterocycles. The number of halogens is 1. The molecule has 11 heteroatoms. The number of nitrogens with zero attached hydrogens (tertiary/aromatic N) is 5. The molecule has 6 rings (SSSR count). The molecule has 0 N–H and O–H groups in total. The number of carbonyl (C=O) groups excluding carboxylic acids is 1. The fourth-order valence-electron chi connectivity index (χ4n) is 5.33. The zero-order chi connectivity index (χ0) is 30.6. The van der Waals surface area contributed by atoms with Crippen molar-refractivity contribution in [2.45, 2.75) is 6.54 Å². The highest BCUT2D eigenvalue weighted by molar-refractivity contribution is 6.30. The van der Waals surface area contributed by atoms with Crippen LogP contribution in [0.3, 0.4) is 0 Å². The number of fused-ring (bicyclic) bond motifs is 1. The van der Waals surface area contributed by atoms with Crippen molar-refractivity contribution in [3.63, 3.8) is 0 Å². The number of amides is 1. The highest BCUT2D eigenvalue weighted by Crippen LogP contribution is 2.31. The third kappa shape index (κ3) is 6.36. The molecule has 0 radical (unpaired) electrons. The van der Waals surface area contributed by atoms with Gasteiger partial charge in [-0.05, 0) is 71.8 Å². The number of methoxy groups -OCH3 is 1. The highest BCUT2D eigenvalue weighted by atomic mass is 35.5. The molecule has 44 heavy (non-hydrogen) atoms. The van der Waals surface area contributed by atoms with Gasteiger partial charge in [-0.25, -0.2) is 4.98 Å². The van der Waals surface area contributed by atoms with Gasteiger partial charge in [-0.15, -0.1) is 0 Å². The number of carbonyl (C=O) groups is 1. The second-order valence-electron chi connectivity index (χ2n) is 10.5. The Hall–Kier alpha value is -4.93. The van der Waals surface area contributed by atoms with Gasteiger partial charge in [-0.3, -0.25) is 19.8 Å². The number of nitro benzene ring substituents is 1. The Morgan fingerprint density at radius 3 is 2.32 bits per heavy atom. The van der Waals surface area contributed by atoms with Gasteiger partial charge in [-0.1, -0.05) is 23.7 Å². The Kier molecular flexibility index (Phi) is 8.44. The minimum absolute atomic E-state index is 0.0308. The van der Waals surface area contributed by atoms with Crippen molar-refractivity contribution >= 4 is 28.8 Å². The molecule has 1 fully saturated rings. The number of aromatic nitrogens is 2. The van der Waals surface area contributed by atoms with Crippen molar-refractivity contribution in [1.82, 2.24) is 19.2 Å². The summed E-state index contributed by atoms with van der Waals surface area (Å²) in [6, 6.07) is 25.2. The van der Waals surface area contributed by atoms with Gasteiger partial charge in [0, 0.05) is 61.6 Å². The number of ether oxygens (including phenoxy) is 2. The van der Waals surface area contributed by atoms with Gasteiger partial charge in [0.25, 0.3) is 11.6 Å². The first-order valence-corrected chi connectivity index (χ1v) is 14.5. The lowest BCUT2D eigenvalue weighted by Crippen LogP contribution is -2.49. The highest BCUT2D eigenvalue weighted by Gasteiger charge is 2.24. The topological polar surface area (TPSA) is 102 Å². The number of pyridine rings is 1. The summed E-state index contributed by atoms with van der Waals surface area (Å²) in [7, 11) is 1.63. The number of rotatable bonds is 9. The van der Waals surface area contributed by atoms with Gasteiger partial charge in [0.15, 0.2) is 6.61 Å². The van der Waals surface area contributed by atoms with Crippen LogP contribution in [0.1, 0.15) is 5.69 Å². The van der Waals surface area contributed by atoms with E-state index in [-0.39, 0.29) is 23.1 Å². The molecule has 1 aliphatic rings. The smallest absolute Gasteiger partial charge is 0.270 e. The van der Waals surface area contributed by atoms with Crippen LogP contribution in [0, 0.1) is 10.1 Å². The Morgan fingerprint density at radius 2 is 1.61 bits per heavy atom. The molecule has 3 aromatic carbocycles. The molecule has 0 saturated carbocycles. The van der Waals surface area contributed by atoms with Crippen molar-refractivity contribution in [3.8, 4) is 33.9 Å². The van der Waals surface area contributed by atoms with Gasteiger partial charge >= 0.3 is 0 Å². The Bertz CT molecular complexity index is 1800. The predicted molar refractivity (Wildman–Crippen MR) is 168 cm³/mol. The SMILES string of the molecule is COc1ccc(-c2nc3ccc(-c4cccc([N+](=O)[O-])c4)cn3c2CN2CCN(C(=O)COc3ccc(Cl)cc3)CC2)cc1. The van der Waals surface area contributed by atoms with Crippen LogP contribution in [0.15, 0.2) is 91.1 Å². The van der Waals surface area contributed by atoms with Gasteiger partial charge < -0.3 is 18.8 Å². The van der Waals surface area contributed by atoms with E-state index in [9.17, 15) is 14.9 Å². The molecular formula is C33H30ClN5O5. The molecule has 1 amide bonds. The molecule has 0 unspecified atom stereocenters. The summed E-state index contributed by atoms with van der Waals surface area (Å²) >= 11 is 5.93. The van der Waals surface area contributed by atoms with Crippen LogP contribution < -0.4 is 9.47 Å². The van der Waals surface area contributed by atoms with Crippen molar-refractivity contribution in [2.75, 3.05) is 39.9 Å². The lowest BCUT2D eigenvalue weighted by Gasteiger charge is -2.34. The maximum absolute atomic E-state index is 12.9. The number of hydrogen-bond acceptors (Lipinski definition) is 7. The second-order valence-corrected chi connectivity index (χ2v) is 10.9. The van der Waals surface area contributed by atoms with Crippen molar-refractivity contribution < 1.29 is 19.2 Å². The van der Waals surface area contributed by atoms with Crippen LogP contribution in [-0.4, -0.2) is 69.9 Å². The van der Waals surface area contributed by atoms with E-state index in [2.05, 4.69) is 9.30 Å². The minimum Gasteiger partial charge on any atom is -0.497 e. The van der Waals surface area contributed by atoms with Gasteiger partial charge in [0.05, 0.1) is 23.4 Å². The van der Waals surface area contributed by atoms with E-state index < -0.39 is 0 Å². The maximum Gasteiger partial charge on any atom is 0.270 e. The molecule has 3 heterocycles. The summed E-state index contributed by atoms with van der Waals surface area (Å²) in [5.74, 6) is 1.30. The maximum atomic E-state index is 12.9. The normalized spacial score (nSPS) is 13.6. The largest absolute Gasteiger partial charge is 0.497 e. The standard InChI is InChI=1S/C33H30ClN5O5/c1-43-28-10-5-23(6-11-28)33-30(38-20-25(7-14-31(38)35-33)24-3-2-4-27(19-24)39(41)42)21-36-15-17-37(18-16-36)32(40)22-44-29-12-8-26(34)9-13-29/h2-14,19-20H,15-18,21-22H2,1H3. The van der Waals surface area contributed by atoms with Gasteiger partial charge in [-0.2, -0.15) is 0 Å². The fraction of sp³-hybridized carbons (Fsp3) is 0.212. The third-order valence-electron chi connectivity index (χ3n) is 7.75. The van der Waals surface area contributed by atoms with E-state index in [4.69, 9.17) is 26.1 Å². The zero-order valence-corrected chi connectivity index (χ0v) is 24.8. The van der Waals surface area contributed by atoms with Gasteiger partial charge in [0.1, 0.15) is 17.1 Å². The van der Waals surface area contributed by atoms with Crippen molar-refractivity contribution in [1.29, 1.82) is 0 Å². The lowest BCUT2D eigenvalue weighted by molar-refractivity contribution is -0.384. The van der Waals surface area contributed by atoms with E-state index in [1.54, 1.807) is 43.5 Å². The van der Waals surface area contributed by atoms with Crippen LogP contribution in [0.4, 0.5) is 5.69 Å². The first-order chi connectivity index (χ1) is 21.4. The van der Waals surface area contributed by atoms with E-state index in [0.717, 1.165) is 39.5 Å². The summed E-state index contributed by atoms with van der Waals surface area (Å²) in [5.41, 5.74) is 5.19. The minimum atomic E-state index is -0.388. The van der Waals surface area contributed by atoms with Gasteiger partial charge in [0.2, 0.25) is 0 Å².